The van der Waals surface area contributed by atoms with Crippen LogP contribution in [0.4, 0.5) is 4.79 Å². The Balaban J connectivity index is 1.80. The molecule has 2 heterocycles. The Kier molecular flexibility index (Phi) is 3.32. The van der Waals surface area contributed by atoms with Gasteiger partial charge in [-0.15, -0.1) is 0 Å². The standard InChI is InChI=1S/C16H22N2O3/c1-15(2,3)21-14(19)18-9-8-17-16(10-18)11-20-13-7-5-4-6-12(13)16/h4-7,17H,8-11H2,1-3H3. The lowest BCUT2D eigenvalue weighted by atomic mass is 9.90. The number of nitrogens with one attached hydrogen (secondary N) is 1. The molecule has 5 nitrogen and oxygen atoms in total. The minimum atomic E-state index is -0.473. The molecule has 1 aromatic carbocycles. The molecule has 1 fully saturated rings. The summed E-state index contributed by atoms with van der Waals surface area (Å²) < 4.78 is 11.3. The van der Waals surface area contributed by atoms with Gasteiger partial charge in [0.1, 0.15) is 18.0 Å². The number of para-hydroxylation sites is 1. The lowest BCUT2D eigenvalue weighted by molar-refractivity contribution is 0.00997. The highest BCUT2D eigenvalue weighted by Gasteiger charge is 2.45. The maximum atomic E-state index is 12.3. The van der Waals surface area contributed by atoms with E-state index in [2.05, 4.69) is 11.4 Å². The fourth-order valence-electron chi connectivity index (χ4n) is 2.92. The third-order valence-electron chi connectivity index (χ3n) is 3.83. The molecule has 1 N–H and O–H groups in total. The second kappa shape index (κ2) is 4.91. The van der Waals surface area contributed by atoms with Crippen molar-refractivity contribution in [3.05, 3.63) is 29.8 Å². The molecule has 1 atom stereocenters. The van der Waals surface area contributed by atoms with Crippen molar-refractivity contribution in [3.63, 3.8) is 0 Å². The van der Waals surface area contributed by atoms with Gasteiger partial charge in [-0.2, -0.15) is 0 Å². The highest BCUT2D eigenvalue weighted by Crippen LogP contribution is 2.38. The van der Waals surface area contributed by atoms with Gasteiger partial charge in [0.25, 0.3) is 0 Å². The molecule has 1 amide bonds. The van der Waals surface area contributed by atoms with Gasteiger partial charge in [0, 0.05) is 25.2 Å². The van der Waals surface area contributed by atoms with Crippen molar-refractivity contribution in [2.24, 2.45) is 0 Å². The van der Waals surface area contributed by atoms with Crippen LogP contribution in [0.5, 0.6) is 5.75 Å². The van der Waals surface area contributed by atoms with Crippen LogP contribution in [0.15, 0.2) is 24.3 Å². The number of hydrogen-bond donors (Lipinski definition) is 1. The Hall–Kier alpha value is -1.75. The first kappa shape index (κ1) is 14.2. The van der Waals surface area contributed by atoms with Crippen molar-refractivity contribution >= 4 is 6.09 Å². The Labute approximate surface area is 125 Å². The maximum absolute atomic E-state index is 12.3. The van der Waals surface area contributed by atoms with E-state index in [9.17, 15) is 4.79 Å². The van der Waals surface area contributed by atoms with Gasteiger partial charge in [0.05, 0.1) is 5.54 Å². The summed E-state index contributed by atoms with van der Waals surface area (Å²) in [5.41, 5.74) is 0.337. The molecule has 1 aromatic rings. The number of ether oxygens (including phenoxy) is 2. The second-order valence-electron chi connectivity index (χ2n) is 6.70. The van der Waals surface area contributed by atoms with Gasteiger partial charge in [-0.25, -0.2) is 4.79 Å². The van der Waals surface area contributed by atoms with Crippen molar-refractivity contribution in [1.29, 1.82) is 0 Å². The van der Waals surface area contributed by atoms with Crippen LogP contribution >= 0.6 is 0 Å². The third-order valence-corrected chi connectivity index (χ3v) is 3.83. The van der Waals surface area contributed by atoms with E-state index in [0.717, 1.165) is 17.9 Å². The first-order valence-electron chi connectivity index (χ1n) is 7.35. The van der Waals surface area contributed by atoms with Crippen molar-refractivity contribution in [1.82, 2.24) is 10.2 Å². The lowest BCUT2D eigenvalue weighted by Crippen LogP contribution is -2.60. The average molecular weight is 290 g/mol. The molecule has 2 aliphatic heterocycles. The predicted octanol–water partition coefficient (Wildman–Crippen LogP) is 2.11. The molecule has 1 unspecified atom stereocenters. The molecule has 3 rings (SSSR count). The van der Waals surface area contributed by atoms with Crippen LogP contribution in [0.2, 0.25) is 0 Å². The van der Waals surface area contributed by atoms with Gasteiger partial charge in [-0.05, 0) is 26.8 Å². The minimum absolute atomic E-state index is 0.257. The summed E-state index contributed by atoms with van der Waals surface area (Å²) >= 11 is 0. The molecule has 1 spiro atoms. The number of benzene rings is 1. The Morgan fingerprint density at radius 3 is 2.90 bits per heavy atom. The predicted molar refractivity (Wildman–Crippen MR) is 79.4 cm³/mol. The van der Waals surface area contributed by atoms with Crippen LogP contribution in [-0.2, 0) is 10.3 Å². The van der Waals surface area contributed by atoms with Crippen LogP contribution in [0, 0.1) is 0 Å². The number of carbonyl (C=O) groups is 1. The molecule has 21 heavy (non-hydrogen) atoms. The van der Waals surface area contributed by atoms with E-state index in [1.807, 2.05) is 39.0 Å². The number of fused-ring (bicyclic) bond motifs is 2. The summed E-state index contributed by atoms with van der Waals surface area (Å²) in [6.45, 7) is 8.16. The van der Waals surface area contributed by atoms with E-state index >= 15 is 0 Å². The van der Waals surface area contributed by atoms with Gasteiger partial charge in [0.15, 0.2) is 0 Å². The van der Waals surface area contributed by atoms with Crippen molar-refractivity contribution in [2.75, 3.05) is 26.2 Å². The van der Waals surface area contributed by atoms with Gasteiger partial charge in [-0.1, -0.05) is 18.2 Å². The summed E-state index contributed by atoms with van der Waals surface area (Å²) in [6.07, 6.45) is -0.257. The maximum Gasteiger partial charge on any atom is 0.410 e. The topological polar surface area (TPSA) is 50.8 Å². The molecule has 0 aromatic heterocycles. The van der Waals surface area contributed by atoms with Crippen LogP contribution in [0.3, 0.4) is 0 Å². The fourth-order valence-corrected chi connectivity index (χ4v) is 2.92. The molecule has 5 heteroatoms. The van der Waals surface area contributed by atoms with E-state index in [4.69, 9.17) is 9.47 Å². The third kappa shape index (κ3) is 2.70. The molecule has 0 saturated carbocycles. The number of rotatable bonds is 0. The van der Waals surface area contributed by atoms with E-state index < -0.39 is 5.60 Å². The van der Waals surface area contributed by atoms with Crippen LogP contribution < -0.4 is 10.1 Å². The number of hydrogen-bond acceptors (Lipinski definition) is 4. The van der Waals surface area contributed by atoms with E-state index in [-0.39, 0.29) is 11.6 Å². The second-order valence-corrected chi connectivity index (χ2v) is 6.70. The SMILES string of the molecule is CC(C)(C)OC(=O)N1CCNC2(COc3ccccc32)C1. The lowest BCUT2D eigenvalue weighted by Gasteiger charge is -2.40. The molecular weight excluding hydrogens is 268 g/mol. The normalized spacial score (nSPS) is 24.6. The molecule has 2 aliphatic rings. The fraction of sp³-hybridized carbons (Fsp3) is 0.562. The molecular formula is C16H22N2O3. The Bertz CT molecular complexity index is 549. The zero-order valence-electron chi connectivity index (χ0n) is 12.8. The summed E-state index contributed by atoms with van der Waals surface area (Å²) in [6, 6.07) is 8.00. The quantitative estimate of drug-likeness (QED) is 0.795. The number of amides is 1. The van der Waals surface area contributed by atoms with E-state index in [1.54, 1.807) is 4.90 Å². The van der Waals surface area contributed by atoms with Gasteiger partial charge in [-0.3, -0.25) is 0 Å². The molecule has 0 aliphatic carbocycles. The number of piperazine rings is 1. The van der Waals surface area contributed by atoms with Crippen molar-refractivity contribution < 1.29 is 14.3 Å². The van der Waals surface area contributed by atoms with Gasteiger partial charge in [0.2, 0.25) is 0 Å². The molecule has 0 bridgehead atoms. The summed E-state index contributed by atoms with van der Waals surface area (Å²) in [5.74, 6) is 0.899. The summed E-state index contributed by atoms with van der Waals surface area (Å²) in [7, 11) is 0. The zero-order valence-corrected chi connectivity index (χ0v) is 12.8. The van der Waals surface area contributed by atoms with E-state index in [1.165, 1.54) is 0 Å². The monoisotopic (exact) mass is 290 g/mol. The first-order valence-corrected chi connectivity index (χ1v) is 7.35. The van der Waals surface area contributed by atoms with Crippen molar-refractivity contribution in [2.45, 2.75) is 31.9 Å². The average Bonchev–Trinajstić information content (AvgIpc) is 2.76. The highest BCUT2D eigenvalue weighted by molar-refractivity contribution is 5.68. The summed E-state index contributed by atoms with van der Waals surface area (Å²) in [4.78, 5) is 14.1. The van der Waals surface area contributed by atoms with Gasteiger partial charge < -0.3 is 19.7 Å². The minimum Gasteiger partial charge on any atom is -0.491 e. The van der Waals surface area contributed by atoms with Crippen LogP contribution in [0.1, 0.15) is 26.3 Å². The van der Waals surface area contributed by atoms with Crippen LogP contribution in [-0.4, -0.2) is 42.8 Å². The smallest absolute Gasteiger partial charge is 0.410 e. The molecule has 0 radical (unpaired) electrons. The number of nitrogens with zero attached hydrogens (tertiary/aromatic N) is 1. The van der Waals surface area contributed by atoms with Crippen molar-refractivity contribution in [3.8, 4) is 5.75 Å². The van der Waals surface area contributed by atoms with E-state index in [0.29, 0.717) is 19.7 Å². The summed E-state index contributed by atoms with van der Waals surface area (Å²) in [5, 5.41) is 3.52. The Morgan fingerprint density at radius 2 is 2.14 bits per heavy atom. The molecule has 114 valence electrons. The number of carbonyl (C=O) groups excluding carboxylic acids is 1. The largest absolute Gasteiger partial charge is 0.491 e. The highest BCUT2D eigenvalue weighted by atomic mass is 16.6. The zero-order chi connectivity index (χ0) is 15.1. The van der Waals surface area contributed by atoms with Crippen LogP contribution in [0.25, 0.3) is 0 Å². The molecule has 1 saturated heterocycles. The Morgan fingerprint density at radius 1 is 1.38 bits per heavy atom. The van der Waals surface area contributed by atoms with Gasteiger partial charge >= 0.3 is 6.09 Å². The first-order chi connectivity index (χ1) is 9.90.